The summed E-state index contributed by atoms with van der Waals surface area (Å²) in [6.07, 6.45) is -2.86. The minimum atomic E-state index is -4.91. The van der Waals surface area contributed by atoms with Crippen molar-refractivity contribution in [2.45, 2.75) is 51.4 Å². The van der Waals surface area contributed by atoms with E-state index in [1.807, 2.05) is 19.1 Å². The molecule has 1 aromatic heterocycles. The molecule has 1 unspecified atom stereocenters. The number of anilines is 1. The first-order valence-corrected chi connectivity index (χ1v) is 14.5. The summed E-state index contributed by atoms with van der Waals surface area (Å²) in [6, 6.07) is 11.9. The number of alkyl halides is 3. The summed E-state index contributed by atoms with van der Waals surface area (Å²) >= 11 is 0. The van der Waals surface area contributed by atoms with E-state index in [2.05, 4.69) is 16.2 Å². The lowest BCUT2D eigenvalue weighted by molar-refractivity contribution is -0.166. The second kappa shape index (κ2) is 13.1. The highest BCUT2D eigenvalue weighted by Crippen LogP contribution is 2.38. The molecule has 9 nitrogen and oxygen atoms in total. The van der Waals surface area contributed by atoms with E-state index >= 15 is 4.39 Å². The fraction of sp³-hybridized carbons (Fsp3) is 0.375. The van der Waals surface area contributed by atoms with Crippen LogP contribution in [0.1, 0.15) is 42.4 Å². The van der Waals surface area contributed by atoms with Gasteiger partial charge < -0.3 is 19.5 Å². The number of carbonyl (C=O) groups excluding carboxylic acids is 1. The Morgan fingerprint density at radius 1 is 1.07 bits per heavy atom. The van der Waals surface area contributed by atoms with Crippen LogP contribution in [-0.4, -0.2) is 65.2 Å². The number of hydrogen-bond donors (Lipinski definition) is 1. The number of carboxylic acid groups (broad SMARTS) is 1. The number of piperidine rings is 1. The van der Waals surface area contributed by atoms with Crippen molar-refractivity contribution in [2.75, 3.05) is 24.7 Å². The molecule has 0 saturated carbocycles. The molecule has 13 heteroatoms. The van der Waals surface area contributed by atoms with Crippen LogP contribution in [0, 0.1) is 18.7 Å². The average Bonchev–Trinajstić information content (AvgIpc) is 3.48. The van der Waals surface area contributed by atoms with Crippen LogP contribution in [-0.2, 0) is 16.1 Å². The highest BCUT2D eigenvalue weighted by molar-refractivity contribution is 5.92. The first-order valence-electron chi connectivity index (χ1n) is 14.5. The fourth-order valence-corrected chi connectivity index (χ4v) is 5.64. The van der Waals surface area contributed by atoms with E-state index in [4.69, 9.17) is 9.47 Å². The van der Waals surface area contributed by atoms with Gasteiger partial charge in [0.05, 0.1) is 12.3 Å². The van der Waals surface area contributed by atoms with Crippen LogP contribution >= 0.6 is 0 Å². The predicted molar refractivity (Wildman–Crippen MR) is 158 cm³/mol. The summed E-state index contributed by atoms with van der Waals surface area (Å²) < 4.78 is 67.7. The summed E-state index contributed by atoms with van der Waals surface area (Å²) in [7, 11) is 0. The molecule has 1 N–H and O–H groups in total. The maximum atomic E-state index is 15.1. The van der Waals surface area contributed by atoms with Gasteiger partial charge in [0.2, 0.25) is 0 Å². The van der Waals surface area contributed by atoms with E-state index in [0.29, 0.717) is 24.7 Å². The van der Waals surface area contributed by atoms with Crippen molar-refractivity contribution in [2.24, 2.45) is 11.0 Å². The number of aliphatic carboxylic acids is 1. The number of rotatable bonds is 8. The fourth-order valence-electron chi connectivity index (χ4n) is 5.64. The number of ether oxygens (including phenoxy) is 2. The lowest BCUT2D eigenvalue weighted by Gasteiger charge is -2.31. The molecule has 238 valence electrons. The third-order valence-corrected chi connectivity index (χ3v) is 8.02. The molecule has 3 aromatic rings. The van der Waals surface area contributed by atoms with Gasteiger partial charge in [-0.3, -0.25) is 4.79 Å². The van der Waals surface area contributed by atoms with Crippen molar-refractivity contribution in [1.29, 1.82) is 0 Å². The Hall–Kier alpha value is -4.68. The van der Waals surface area contributed by atoms with E-state index in [1.165, 1.54) is 36.4 Å². The Bertz CT molecular complexity index is 1590. The van der Waals surface area contributed by atoms with Gasteiger partial charge in [0.15, 0.2) is 17.6 Å². The number of hydrazone groups is 1. The van der Waals surface area contributed by atoms with Gasteiger partial charge >= 0.3 is 18.2 Å². The maximum absolute atomic E-state index is 15.1. The molecule has 2 aliphatic heterocycles. The summed E-state index contributed by atoms with van der Waals surface area (Å²) in [5.74, 6) is -4.34. The largest absolute Gasteiger partial charge is 0.485 e. The molecule has 2 aliphatic rings. The Morgan fingerprint density at radius 3 is 2.47 bits per heavy atom. The van der Waals surface area contributed by atoms with Gasteiger partial charge in [-0.2, -0.15) is 18.3 Å². The SMILES string of the molecule is CCOC(=O)N1CCC(c2ccc(COc3c(F)cccc3-c3cccc(N4N=C[C@@H](C(=O)O)C4C(F)(F)F)n3)c(C)c2)CC1. The number of para-hydroxylation sites is 1. The number of nitrogens with zero attached hydrogens (tertiary/aromatic N) is 4. The van der Waals surface area contributed by atoms with Crippen LogP contribution < -0.4 is 9.75 Å². The molecule has 2 atom stereocenters. The minimum Gasteiger partial charge on any atom is -0.485 e. The average molecular weight is 629 g/mol. The van der Waals surface area contributed by atoms with Crippen molar-refractivity contribution in [3.8, 4) is 17.0 Å². The highest BCUT2D eigenvalue weighted by Gasteiger charge is 2.54. The van der Waals surface area contributed by atoms with Gasteiger partial charge in [-0.05, 0) is 73.6 Å². The number of pyridine rings is 1. The number of carboxylic acids is 1. The molecule has 0 bridgehead atoms. The third kappa shape index (κ3) is 6.86. The van der Waals surface area contributed by atoms with E-state index in [0.717, 1.165) is 35.7 Å². The number of carbonyl (C=O) groups is 2. The minimum absolute atomic E-state index is 0.0217. The van der Waals surface area contributed by atoms with Gasteiger partial charge in [-0.15, -0.1) is 0 Å². The van der Waals surface area contributed by atoms with Crippen molar-refractivity contribution in [3.63, 3.8) is 0 Å². The highest BCUT2D eigenvalue weighted by atomic mass is 19.4. The summed E-state index contributed by atoms with van der Waals surface area (Å²) in [5.41, 5.74) is 3.23. The molecule has 0 spiro atoms. The molecule has 0 radical (unpaired) electrons. The molecule has 2 aromatic carbocycles. The normalized spacial score (nSPS) is 18.7. The van der Waals surface area contributed by atoms with Gasteiger partial charge in [-0.1, -0.05) is 30.3 Å². The van der Waals surface area contributed by atoms with E-state index < -0.39 is 29.9 Å². The quantitative estimate of drug-likeness (QED) is 0.282. The summed E-state index contributed by atoms with van der Waals surface area (Å²) in [5, 5.41) is 13.5. The van der Waals surface area contributed by atoms with Crippen molar-refractivity contribution in [1.82, 2.24) is 9.88 Å². The Kier molecular flexibility index (Phi) is 9.26. The van der Waals surface area contributed by atoms with Gasteiger partial charge in [0.25, 0.3) is 0 Å². The number of benzene rings is 2. The van der Waals surface area contributed by atoms with Crippen LogP contribution in [0.15, 0.2) is 59.7 Å². The van der Waals surface area contributed by atoms with Crippen LogP contribution in [0.25, 0.3) is 11.3 Å². The number of halogens is 4. The lowest BCUT2D eigenvalue weighted by Crippen LogP contribution is -2.47. The molecule has 1 fully saturated rings. The maximum Gasteiger partial charge on any atom is 0.412 e. The van der Waals surface area contributed by atoms with E-state index in [1.54, 1.807) is 11.8 Å². The number of aryl methyl sites for hydroxylation is 1. The van der Waals surface area contributed by atoms with Crippen LogP contribution in [0.3, 0.4) is 0 Å². The van der Waals surface area contributed by atoms with Gasteiger partial charge in [0, 0.05) is 24.9 Å². The van der Waals surface area contributed by atoms with Crippen LogP contribution in [0.4, 0.5) is 28.2 Å². The van der Waals surface area contributed by atoms with E-state index in [-0.39, 0.29) is 41.4 Å². The predicted octanol–water partition coefficient (Wildman–Crippen LogP) is 6.55. The zero-order valence-corrected chi connectivity index (χ0v) is 24.6. The van der Waals surface area contributed by atoms with Gasteiger partial charge in [0.1, 0.15) is 18.3 Å². The first kappa shape index (κ1) is 31.7. The monoisotopic (exact) mass is 628 g/mol. The van der Waals surface area contributed by atoms with Gasteiger partial charge in [-0.25, -0.2) is 19.2 Å². The summed E-state index contributed by atoms with van der Waals surface area (Å²) in [4.78, 5) is 29.5. The lowest BCUT2D eigenvalue weighted by atomic mass is 9.88. The van der Waals surface area contributed by atoms with Crippen molar-refractivity contribution >= 4 is 24.1 Å². The first-order chi connectivity index (χ1) is 21.5. The third-order valence-electron chi connectivity index (χ3n) is 8.02. The van der Waals surface area contributed by atoms with Crippen LogP contribution in [0.2, 0.25) is 0 Å². The number of likely N-dealkylation sites (tertiary alicyclic amines) is 1. The molecule has 45 heavy (non-hydrogen) atoms. The summed E-state index contributed by atoms with van der Waals surface area (Å²) in [6.45, 7) is 5.29. The smallest absolute Gasteiger partial charge is 0.412 e. The molecule has 5 rings (SSSR count). The number of aromatic nitrogens is 1. The van der Waals surface area contributed by atoms with Crippen LogP contribution in [0.5, 0.6) is 5.75 Å². The number of amides is 1. The molecular weight excluding hydrogens is 596 g/mol. The van der Waals surface area contributed by atoms with E-state index in [9.17, 15) is 27.9 Å². The Balaban J connectivity index is 1.32. The van der Waals surface area contributed by atoms with Crippen molar-refractivity contribution in [3.05, 3.63) is 77.1 Å². The second-order valence-corrected chi connectivity index (χ2v) is 10.9. The number of hydrogen-bond acceptors (Lipinski definition) is 7. The topological polar surface area (TPSA) is 105 Å². The zero-order valence-electron chi connectivity index (χ0n) is 24.6. The molecule has 1 amide bonds. The molecule has 3 heterocycles. The Morgan fingerprint density at radius 2 is 1.80 bits per heavy atom. The molecule has 1 saturated heterocycles. The molecular formula is C32H32F4N4O5. The molecule has 0 aliphatic carbocycles. The zero-order chi connectivity index (χ0) is 32.3. The standard InChI is InChI=1S/C32H32F4N4O5/c1-3-44-31(43)39-14-12-20(13-15-39)21-10-11-22(19(2)16-21)18-45-28-23(6-4-7-25(28)33)26-8-5-9-27(38-26)40-29(32(34,35)36)24(17-37-40)30(41)42/h4-11,16-17,20,24,29H,3,12-15,18H2,1-2H3,(H,41,42)/t24-,29?/m1/s1. The second-order valence-electron chi connectivity index (χ2n) is 10.9. The Labute approximate surface area is 257 Å². The van der Waals surface area contributed by atoms with Crippen molar-refractivity contribution < 1.29 is 41.7 Å².